The van der Waals surface area contributed by atoms with Crippen molar-refractivity contribution in [1.29, 1.82) is 0 Å². The van der Waals surface area contributed by atoms with Crippen molar-refractivity contribution in [3.63, 3.8) is 0 Å². The molecule has 0 saturated carbocycles. The highest BCUT2D eigenvalue weighted by Gasteiger charge is 2.30. The minimum Gasteiger partial charge on any atom is -0.491 e. The van der Waals surface area contributed by atoms with Gasteiger partial charge in [0.2, 0.25) is 0 Å². The van der Waals surface area contributed by atoms with E-state index < -0.39 is 17.8 Å². The number of nitrogens with zero attached hydrogens (tertiary/aromatic N) is 2. The summed E-state index contributed by atoms with van der Waals surface area (Å²) in [5.41, 5.74) is 2.16. The van der Waals surface area contributed by atoms with Gasteiger partial charge in [-0.2, -0.15) is 18.3 Å². The molecule has 0 aliphatic heterocycles. The van der Waals surface area contributed by atoms with E-state index in [1.165, 1.54) is 23.2 Å². The highest BCUT2D eigenvalue weighted by atomic mass is 19.4. The Morgan fingerprint density at radius 3 is 2.44 bits per heavy atom. The molecule has 9 heteroatoms. The van der Waals surface area contributed by atoms with Crippen LogP contribution in [0.2, 0.25) is 0 Å². The summed E-state index contributed by atoms with van der Waals surface area (Å²) < 4.78 is 43.5. The van der Waals surface area contributed by atoms with E-state index in [-0.39, 0.29) is 31.4 Å². The second-order valence-electron chi connectivity index (χ2n) is 7.51. The van der Waals surface area contributed by atoms with Crippen LogP contribution in [0.3, 0.4) is 0 Å². The Bertz CT molecular complexity index is 1050. The van der Waals surface area contributed by atoms with Crippen molar-refractivity contribution >= 4 is 5.91 Å². The van der Waals surface area contributed by atoms with E-state index in [4.69, 9.17) is 4.74 Å². The van der Waals surface area contributed by atoms with Crippen LogP contribution in [0, 0.1) is 13.8 Å². The monoisotopic (exact) mass is 447 g/mol. The van der Waals surface area contributed by atoms with Crippen LogP contribution in [0.5, 0.6) is 5.75 Å². The van der Waals surface area contributed by atoms with Crippen LogP contribution in [0.15, 0.2) is 54.7 Å². The fourth-order valence-electron chi connectivity index (χ4n) is 3.19. The molecule has 6 nitrogen and oxygen atoms in total. The number of carbonyl (C=O) groups is 1. The normalized spacial score (nSPS) is 12.4. The third kappa shape index (κ3) is 5.88. The average molecular weight is 447 g/mol. The molecule has 0 saturated heterocycles. The number of aromatic nitrogens is 2. The fraction of sp³-hybridized carbons (Fsp3) is 0.304. The number of carbonyl (C=O) groups excluding carboxylic acids is 1. The van der Waals surface area contributed by atoms with Crippen LogP contribution in [0.4, 0.5) is 13.2 Å². The van der Waals surface area contributed by atoms with Crippen LogP contribution in [-0.4, -0.2) is 45.4 Å². The number of aliphatic hydroxyl groups excluding tert-OH is 1. The maximum absolute atomic E-state index is 13.1. The van der Waals surface area contributed by atoms with Crippen LogP contribution in [0.25, 0.3) is 0 Å². The van der Waals surface area contributed by atoms with Gasteiger partial charge in [0.05, 0.1) is 23.9 Å². The Hall–Kier alpha value is -3.33. The van der Waals surface area contributed by atoms with Gasteiger partial charge in [-0.15, -0.1) is 0 Å². The van der Waals surface area contributed by atoms with Crippen LogP contribution in [-0.2, 0) is 12.7 Å². The largest absolute Gasteiger partial charge is 0.491 e. The molecule has 2 N–H and O–H groups in total. The number of ether oxygens (including phenoxy) is 1. The van der Waals surface area contributed by atoms with Crippen molar-refractivity contribution in [1.82, 2.24) is 15.1 Å². The average Bonchev–Trinajstić information content (AvgIpc) is 3.18. The van der Waals surface area contributed by atoms with Gasteiger partial charge >= 0.3 is 6.18 Å². The lowest BCUT2D eigenvalue weighted by molar-refractivity contribution is -0.137. The van der Waals surface area contributed by atoms with E-state index >= 15 is 0 Å². The molecule has 0 aliphatic rings. The van der Waals surface area contributed by atoms with Crippen molar-refractivity contribution in [2.75, 3.05) is 13.2 Å². The number of aliphatic hydroxyl groups is 1. The summed E-state index contributed by atoms with van der Waals surface area (Å²) in [7, 11) is 0. The number of nitrogens with one attached hydrogen (secondary N) is 1. The van der Waals surface area contributed by atoms with Crippen LogP contribution >= 0.6 is 0 Å². The lowest BCUT2D eigenvalue weighted by Gasteiger charge is -2.26. The molecule has 1 unspecified atom stereocenters. The van der Waals surface area contributed by atoms with Gasteiger partial charge in [-0.1, -0.05) is 24.3 Å². The molecule has 1 aromatic heterocycles. The van der Waals surface area contributed by atoms with Crippen molar-refractivity contribution < 1.29 is 27.8 Å². The molecule has 170 valence electrons. The van der Waals surface area contributed by atoms with Crippen molar-refractivity contribution in [2.45, 2.75) is 32.7 Å². The zero-order chi connectivity index (χ0) is 23.3. The van der Waals surface area contributed by atoms with Crippen molar-refractivity contribution in [3.05, 3.63) is 82.7 Å². The fourth-order valence-corrected chi connectivity index (χ4v) is 3.19. The van der Waals surface area contributed by atoms with Crippen LogP contribution in [0.1, 0.15) is 32.7 Å². The van der Waals surface area contributed by atoms with E-state index in [0.29, 0.717) is 11.3 Å². The van der Waals surface area contributed by atoms with Gasteiger partial charge in [-0.25, -0.2) is 0 Å². The zero-order valence-corrected chi connectivity index (χ0v) is 17.7. The summed E-state index contributed by atoms with van der Waals surface area (Å²) >= 11 is 0. The molecule has 1 amide bonds. The molecule has 0 spiro atoms. The number of rotatable bonds is 8. The Morgan fingerprint density at radius 1 is 1.16 bits per heavy atom. The molecule has 0 radical (unpaired) electrons. The molecule has 0 aliphatic carbocycles. The Kier molecular flexibility index (Phi) is 7.19. The molecule has 0 fully saturated rings. The van der Waals surface area contributed by atoms with Gasteiger partial charge in [-0.3, -0.25) is 9.89 Å². The predicted molar refractivity (Wildman–Crippen MR) is 112 cm³/mol. The number of amides is 1. The van der Waals surface area contributed by atoms with Crippen molar-refractivity contribution in [3.8, 4) is 5.75 Å². The number of aryl methyl sites for hydroxylation is 2. The SMILES string of the molecule is Cc1ccccc1CN(CC(O)COc1ccc(C(F)(F)F)cc1)C(=O)c1cn[nH]c1C. The topological polar surface area (TPSA) is 78.5 Å². The molecule has 1 heterocycles. The van der Waals surface area contributed by atoms with E-state index in [2.05, 4.69) is 10.2 Å². The number of halogens is 3. The molecule has 0 bridgehead atoms. The third-order valence-electron chi connectivity index (χ3n) is 5.03. The van der Waals surface area contributed by atoms with Gasteiger partial charge in [0.25, 0.3) is 5.91 Å². The van der Waals surface area contributed by atoms with E-state index in [1.807, 2.05) is 31.2 Å². The number of hydrogen-bond donors (Lipinski definition) is 2. The Morgan fingerprint density at radius 2 is 1.84 bits per heavy atom. The van der Waals surface area contributed by atoms with Gasteiger partial charge < -0.3 is 14.7 Å². The second kappa shape index (κ2) is 9.86. The summed E-state index contributed by atoms with van der Waals surface area (Å²) in [6.45, 7) is 3.72. The summed E-state index contributed by atoms with van der Waals surface area (Å²) in [6.07, 6.45) is -4.05. The Labute approximate surface area is 183 Å². The van der Waals surface area contributed by atoms with E-state index in [9.17, 15) is 23.1 Å². The quantitative estimate of drug-likeness (QED) is 0.544. The molecule has 3 rings (SSSR count). The lowest BCUT2D eigenvalue weighted by atomic mass is 10.1. The summed E-state index contributed by atoms with van der Waals surface area (Å²) in [4.78, 5) is 14.6. The first-order valence-corrected chi connectivity index (χ1v) is 9.97. The summed E-state index contributed by atoms with van der Waals surface area (Å²) in [6, 6.07) is 11.8. The molecular formula is C23H24F3N3O3. The van der Waals surface area contributed by atoms with E-state index in [0.717, 1.165) is 23.3 Å². The van der Waals surface area contributed by atoms with Gasteiger partial charge in [0.1, 0.15) is 18.5 Å². The maximum Gasteiger partial charge on any atom is 0.416 e. The summed E-state index contributed by atoms with van der Waals surface area (Å²) in [5, 5.41) is 17.1. The first-order valence-electron chi connectivity index (χ1n) is 9.97. The number of alkyl halides is 3. The first-order chi connectivity index (χ1) is 15.1. The maximum atomic E-state index is 13.1. The summed E-state index contributed by atoms with van der Waals surface area (Å²) in [5.74, 6) is -0.104. The van der Waals surface area contributed by atoms with Gasteiger partial charge in [0.15, 0.2) is 0 Å². The highest BCUT2D eigenvalue weighted by Crippen LogP contribution is 2.30. The minimum absolute atomic E-state index is 0.0293. The smallest absolute Gasteiger partial charge is 0.416 e. The van der Waals surface area contributed by atoms with E-state index in [1.54, 1.807) is 6.92 Å². The third-order valence-corrected chi connectivity index (χ3v) is 5.03. The molecule has 2 aromatic carbocycles. The molecule has 32 heavy (non-hydrogen) atoms. The standard InChI is InChI=1S/C23H24F3N3O3/c1-15-5-3-4-6-17(15)12-29(22(31)21-11-27-28-16(21)2)13-19(30)14-32-20-9-7-18(8-10-20)23(24,25)26/h3-11,19,30H,12-14H2,1-2H3,(H,27,28). The number of H-pyrrole nitrogens is 1. The second-order valence-corrected chi connectivity index (χ2v) is 7.51. The lowest BCUT2D eigenvalue weighted by Crippen LogP contribution is -2.39. The number of hydrogen-bond acceptors (Lipinski definition) is 4. The molecule has 3 aromatic rings. The molecule has 1 atom stereocenters. The van der Waals surface area contributed by atoms with Gasteiger partial charge in [0, 0.05) is 12.2 Å². The first kappa shape index (κ1) is 23.3. The van der Waals surface area contributed by atoms with Gasteiger partial charge in [-0.05, 0) is 49.2 Å². The molecular weight excluding hydrogens is 423 g/mol. The highest BCUT2D eigenvalue weighted by molar-refractivity contribution is 5.95. The number of benzene rings is 2. The van der Waals surface area contributed by atoms with Crippen LogP contribution < -0.4 is 4.74 Å². The predicted octanol–water partition coefficient (Wildman–Crippen LogP) is 4.13. The number of aromatic amines is 1. The van der Waals surface area contributed by atoms with Crippen molar-refractivity contribution in [2.24, 2.45) is 0 Å². The zero-order valence-electron chi connectivity index (χ0n) is 17.7. The Balaban J connectivity index is 1.69. The minimum atomic E-state index is -4.43.